The van der Waals surface area contributed by atoms with Crippen molar-refractivity contribution in [1.29, 1.82) is 0 Å². The van der Waals surface area contributed by atoms with E-state index in [0.717, 1.165) is 38.3 Å². The Hall–Kier alpha value is -0.910. The van der Waals surface area contributed by atoms with Crippen LogP contribution in [0, 0.1) is 5.92 Å². The van der Waals surface area contributed by atoms with Crippen molar-refractivity contribution in [3.8, 4) is 0 Å². The van der Waals surface area contributed by atoms with Crippen molar-refractivity contribution in [1.82, 2.24) is 15.5 Å². The van der Waals surface area contributed by atoms with Gasteiger partial charge in [-0.15, -0.1) is 0 Å². The third-order valence-electron chi connectivity index (χ3n) is 4.62. The van der Waals surface area contributed by atoms with Crippen LogP contribution < -0.4 is 5.32 Å². The number of H-pyrrole nitrogens is 1. The van der Waals surface area contributed by atoms with Gasteiger partial charge in [0.15, 0.2) is 0 Å². The van der Waals surface area contributed by atoms with Crippen LogP contribution >= 0.6 is 0 Å². The lowest BCUT2D eigenvalue weighted by molar-refractivity contribution is -0.0339. The summed E-state index contributed by atoms with van der Waals surface area (Å²) in [5.74, 6) is 0.501. The lowest BCUT2D eigenvalue weighted by Crippen LogP contribution is -2.46. The third-order valence-corrected chi connectivity index (χ3v) is 4.62. The summed E-state index contributed by atoms with van der Waals surface area (Å²) in [5.41, 5.74) is 1.04. The molecule has 1 aromatic rings. The number of aromatic amines is 1. The molecule has 2 fully saturated rings. The van der Waals surface area contributed by atoms with E-state index >= 15 is 0 Å². The molecule has 20 heavy (non-hydrogen) atoms. The molecule has 0 amide bonds. The van der Waals surface area contributed by atoms with Crippen LogP contribution in [0.1, 0.15) is 44.9 Å². The zero-order valence-electron chi connectivity index (χ0n) is 12.4. The molecule has 0 aromatic carbocycles. The lowest BCUT2D eigenvalue weighted by atomic mass is 9.91. The van der Waals surface area contributed by atoms with E-state index < -0.39 is 0 Å². The normalized spacial score (nSPS) is 33.4. The molecule has 0 bridgehead atoms. The molecular formula is C15H25N3O2. The average Bonchev–Trinajstić information content (AvgIpc) is 3.06. The topological polar surface area (TPSA) is 59.2 Å². The SMILES string of the molecule is CC1(C)OCCC1NC[C@@H]1CCCO[C@H]1c1ccn[nH]1. The first kappa shape index (κ1) is 14.0. The van der Waals surface area contributed by atoms with Gasteiger partial charge in [0, 0.05) is 37.9 Å². The predicted octanol–water partition coefficient (Wildman–Crippen LogP) is 2.03. The van der Waals surface area contributed by atoms with Crippen LogP contribution in [-0.2, 0) is 9.47 Å². The minimum Gasteiger partial charge on any atom is -0.374 e. The Morgan fingerprint density at radius 2 is 2.30 bits per heavy atom. The third kappa shape index (κ3) is 2.90. The Balaban J connectivity index is 1.60. The molecule has 0 aliphatic carbocycles. The van der Waals surface area contributed by atoms with Crippen molar-refractivity contribution in [2.45, 2.75) is 50.9 Å². The molecule has 2 aliphatic rings. The van der Waals surface area contributed by atoms with Crippen LogP contribution in [0.15, 0.2) is 12.3 Å². The zero-order valence-corrected chi connectivity index (χ0v) is 12.4. The van der Waals surface area contributed by atoms with Crippen molar-refractivity contribution in [3.63, 3.8) is 0 Å². The van der Waals surface area contributed by atoms with Gasteiger partial charge in [0.2, 0.25) is 0 Å². The molecule has 0 spiro atoms. The molecule has 0 radical (unpaired) electrons. The minimum atomic E-state index is -0.0565. The molecule has 5 nitrogen and oxygen atoms in total. The van der Waals surface area contributed by atoms with Crippen LogP contribution in [0.25, 0.3) is 0 Å². The van der Waals surface area contributed by atoms with Gasteiger partial charge in [0.05, 0.1) is 11.3 Å². The molecular weight excluding hydrogens is 254 g/mol. The molecule has 0 saturated carbocycles. The van der Waals surface area contributed by atoms with E-state index in [0.29, 0.717) is 12.0 Å². The fraction of sp³-hybridized carbons (Fsp3) is 0.800. The summed E-state index contributed by atoms with van der Waals surface area (Å²) in [4.78, 5) is 0. The molecule has 3 heterocycles. The second-order valence-electron chi connectivity index (χ2n) is 6.41. The smallest absolute Gasteiger partial charge is 0.103 e. The van der Waals surface area contributed by atoms with E-state index in [1.165, 1.54) is 6.42 Å². The summed E-state index contributed by atoms with van der Waals surface area (Å²) < 4.78 is 11.7. The highest BCUT2D eigenvalue weighted by molar-refractivity contribution is 5.05. The number of aromatic nitrogens is 2. The summed E-state index contributed by atoms with van der Waals surface area (Å²) >= 11 is 0. The van der Waals surface area contributed by atoms with E-state index in [1.54, 1.807) is 6.20 Å². The van der Waals surface area contributed by atoms with Crippen LogP contribution in [0.3, 0.4) is 0 Å². The van der Waals surface area contributed by atoms with Gasteiger partial charge in [0.1, 0.15) is 6.10 Å². The molecule has 3 rings (SSSR count). The average molecular weight is 279 g/mol. The van der Waals surface area contributed by atoms with Gasteiger partial charge in [0.25, 0.3) is 0 Å². The quantitative estimate of drug-likeness (QED) is 0.885. The van der Waals surface area contributed by atoms with Crippen LogP contribution in [0.5, 0.6) is 0 Å². The monoisotopic (exact) mass is 279 g/mol. The second-order valence-corrected chi connectivity index (χ2v) is 6.41. The first-order valence-corrected chi connectivity index (χ1v) is 7.65. The van der Waals surface area contributed by atoms with E-state index in [1.807, 2.05) is 6.07 Å². The van der Waals surface area contributed by atoms with E-state index in [-0.39, 0.29) is 11.7 Å². The molecule has 1 aromatic heterocycles. The molecule has 2 saturated heterocycles. The number of hydrogen-bond acceptors (Lipinski definition) is 4. The molecule has 5 heteroatoms. The second kappa shape index (κ2) is 5.84. The van der Waals surface area contributed by atoms with Gasteiger partial charge in [-0.05, 0) is 39.2 Å². The fourth-order valence-electron chi connectivity index (χ4n) is 3.35. The summed E-state index contributed by atoms with van der Waals surface area (Å²) in [6, 6.07) is 2.46. The Morgan fingerprint density at radius 3 is 3.00 bits per heavy atom. The van der Waals surface area contributed by atoms with Crippen molar-refractivity contribution in [2.24, 2.45) is 5.92 Å². The van der Waals surface area contributed by atoms with Gasteiger partial charge in [-0.2, -0.15) is 5.10 Å². The Labute approximate surface area is 120 Å². The number of ether oxygens (including phenoxy) is 2. The lowest BCUT2D eigenvalue weighted by Gasteiger charge is -2.34. The van der Waals surface area contributed by atoms with Gasteiger partial charge in [-0.25, -0.2) is 0 Å². The Kier molecular flexibility index (Phi) is 4.10. The van der Waals surface area contributed by atoms with Gasteiger partial charge < -0.3 is 14.8 Å². The summed E-state index contributed by atoms with van der Waals surface area (Å²) in [6.07, 6.45) is 5.37. The van der Waals surface area contributed by atoms with Crippen LogP contribution in [0.2, 0.25) is 0 Å². The summed E-state index contributed by atoms with van der Waals surface area (Å²) in [6.45, 7) is 7.01. The molecule has 2 aliphatic heterocycles. The summed E-state index contributed by atoms with van der Waals surface area (Å²) in [7, 11) is 0. The van der Waals surface area contributed by atoms with Gasteiger partial charge in [-0.3, -0.25) is 5.10 Å². The van der Waals surface area contributed by atoms with Gasteiger partial charge >= 0.3 is 0 Å². The molecule has 2 N–H and O–H groups in total. The molecule has 112 valence electrons. The number of nitrogens with zero attached hydrogens (tertiary/aromatic N) is 1. The Bertz CT molecular complexity index is 419. The van der Waals surface area contributed by atoms with Crippen molar-refractivity contribution in [3.05, 3.63) is 18.0 Å². The highest BCUT2D eigenvalue weighted by Gasteiger charge is 2.37. The highest BCUT2D eigenvalue weighted by atomic mass is 16.5. The molecule has 3 atom stereocenters. The van der Waals surface area contributed by atoms with Crippen molar-refractivity contribution >= 4 is 0 Å². The minimum absolute atomic E-state index is 0.0565. The van der Waals surface area contributed by atoms with E-state index in [9.17, 15) is 0 Å². The van der Waals surface area contributed by atoms with Crippen molar-refractivity contribution < 1.29 is 9.47 Å². The highest BCUT2D eigenvalue weighted by Crippen LogP contribution is 2.33. The van der Waals surface area contributed by atoms with E-state index in [4.69, 9.17) is 9.47 Å². The summed E-state index contributed by atoms with van der Waals surface area (Å²) in [5, 5.41) is 10.8. The fourth-order valence-corrected chi connectivity index (χ4v) is 3.35. The zero-order chi connectivity index (χ0) is 14.0. The maximum Gasteiger partial charge on any atom is 0.103 e. The maximum absolute atomic E-state index is 5.96. The van der Waals surface area contributed by atoms with Gasteiger partial charge in [-0.1, -0.05) is 0 Å². The van der Waals surface area contributed by atoms with E-state index in [2.05, 4.69) is 29.4 Å². The predicted molar refractivity (Wildman–Crippen MR) is 76.4 cm³/mol. The van der Waals surface area contributed by atoms with Crippen molar-refractivity contribution in [2.75, 3.05) is 19.8 Å². The number of nitrogens with one attached hydrogen (secondary N) is 2. The first-order valence-electron chi connectivity index (χ1n) is 7.65. The largest absolute Gasteiger partial charge is 0.374 e. The number of hydrogen-bond donors (Lipinski definition) is 2. The molecule has 1 unspecified atom stereocenters. The maximum atomic E-state index is 5.96. The first-order chi connectivity index (χ1) is 9.67. The number of rotatable bonds is 4. The standard InChI is InChI=1S/C15H25N3O2/c1-15(2)13(6-9-20-15)16-10-11-4-3-8-19-14(11)12-5-7-17-18-12/h5,7,11,13-14,16H,3-4,6,8-10H2,1-2H3,(H,17,18)/t11-,13?,14+/m0/s1. The Morgan fingerprint density at radius 1 is 1.40 bits per heavy atom. The van der Waals surface area contributed by atoms with Crippen LogP contribution in [-0.4, -0.2) is 41.6 Å². The van der Waals surface area contributed by atoms with Crippen LogP contribution in [0.4, 0.5) is 0 Å².